The van der Waals surface area contributed by atoms with Crippen molar-refractivity contribution in [2.75, 3.05) is 0 Å². The van der Waals surface area contributed by atoms with E-state index in [9.17, 15) is 28.5 Å². The highest BCUT2D eigenvalue weighted by molar-refractivity contribution is 6.00. The van der Waals surface area contributed by atoms with Gasteiger partial charge < -0.3 is 10.2 Å². The van der Waals surface area contributed by atoms with E-state index in [4.69, 9.17) is 10.2 Å². The van der Waals surface area contributed by atoms with Crippen molar-refractivity contribution in [1.82, 2.24) is 0 Å². The first kappa shape index (κ1) is 13.5. The van der Waals surface area contributed by atoms with E-state index in [0.29, 0.717) is 6.07 Å². The first-order chi connectivity index (χ1) is 8.25. The maximum atomic E-state index is 13.2. The van der Waals surface area contributed by atoms with E-state index < -0.39 is 45.7 Å². The fourth-order valence-corrected chi connectivity index (χ4v) is 1.37. The summed E-state index contributed by atoms with van der Waals surface area (Å²) in [6.45, 7) is 0. The molecule has 0 radical (unpaired) electrons. The first-order valence-corrected chi connectivity index (χ1v) is 4.34. The Morgan fingerprint density at radius 3 is 2.11 bits per heavy atom. The number of carbonyl (C=O) groups is 2. The third-order valence-electron chi connectivity index (χ3n) is 2.05. The Hall–Kier alpha value is -2.58. The number of rotatable bonds is 4. The van der Waals surface area contributed by atoms with Gasteiger partial charge in [-0.1, -0.05) is 0 Å². The summed E-state index contributed by atoms with van der Waals surface area (Å²) in [5, 5.41) is 27.8. The van der Waals surface area contributed by atoms with Gasteiger partial charge in [0.25, 0.3) is 0 Å². The van der Waals surface area contributed by atoms with Crippen molar-refractivity contribution >= 4 is 17.6 Å². The summed E-state index contributed by atoms with van der Waals surface area (Å²) in [5.41, 5.74) is -2.43. The van der Waals surface area contributed by atoms with Crippen molar-refractivity contribution in [2.45, 2.75) is 5.92 Å². The Bertz CT molecular complexity index is 530. The maximum absolute atomic E-state index is 13.2. The van der Waals surface area contributed by atoms with Crippen LogP contribution < -0.4 is 0 Å². The van der Waals surface area contributed by atoms with Crippen LogP contribution >= 0.6 is 0 Å². The average molecular weight is 261 g/mol. The lowest BCUT2D eigenvalue weighted by Crippen LogP contribution is -2.22. The predicted octanol–water partition coefficient (Wildman–Crippen LogP) is 1.13. The van der Waals surface area contributed by atoms with E-state index in [0.717, 1.165) is 0 Å². The summed E-state index contributed by atoms with van der Waals surface area (Å²) in [6.07, 6.45) is 0. The number of carboxylic acids is 2. The quantitative estimate of drug-likeness (QED) is 0.476. The zero-order chi connectivity index (χ0) is 14.0. The Balaban J connectivity index is 3.60. The van der Waals surface area contributed by atoms with Gasteiger partial charge in [0.05, 0.1) is 10.5 Å². The van der Waals surface area contributed by atoms with Crippen LogP contribution in [0.15, 0.2) is 12.1 Å². The van der Waals surface area contributed by atoms with Gasteiger partial charge >= 0.3 is 17.6 Å². The van der Waals surface area contributed by atoms with Crippen LogP contribution in [0.4, 0.5) is 14.5 Å². The van der Waals surface area contributed by atoms with Crippen LogP contribution in [0.25, 0.3) is 0 Å². The van der Waals surface area contributed by atoms with Gasteiger partial charge in [-0.3, -0.25) is 19.7 Å². The van der Waals surface area contributed by atoms with Crippen molar-refractivity contribution in [3.05, 3.63) is 39.4 Å². The first-order valence-electron chi connectivity index (χ1n) is 4.34. The van der Waals surface area contributed by atoms with Gasteiger partial charge in [-0.25, -0.2) is 4.39 Å². The molecule has 0 amide bonds. The van der Waals surface area contributed by atoms with Crippen molar-refractivity contribution in [3.63, 3.8) is 0 Å². The third kappa shape index (κ3) is 2.39. The lowest BCUT2D eigenvalue weighted by Gasteiger charge is -2.08. The molecule has 0 aliphatic heterocycles. The molecular formula is C9H5F2NO6. The van der Waals surface area contributed by atoms with Gasteiger partial charge in [-0.15, -0.1) is 0 Å². The molecule has 0 spiro atoms. The molecule has 0 bridgehead atoms. The number of hydrogen-bond donors (Lipinski definition) is 2. The van der Waals surface area contributed by atoms with Gasteiger partial charge in [-0.2, -0.15) is 4.39 Å². The standard InChI is InChI=1S/C9H5F2NO6/c10-3-1-4(6(8(13)14)9(15)16)7(12(17)18)5(11)2-3/h1-2,6H,(H,13,14)(H,15,16). The predicted molar refractivity (Wildman–Crippen MR) is 51.0 cm³/mol. The average Bonchev–Trinajstić information content (AvgIpc) is 2.13. The number of hydrogen-bond acceptors (Lipinski definition) is 4. The monoisotopic (exact) mass is 261 g/mol. The Kier molecular flexibility index (Phi) is 3.55. The highest BCUT2D eigenvalue weighted by atomic mass is 19.1. The van der Waals surface area contributed by atoms with Crippen LogP contribution in [0.3, 0.4) is 0 Å². The molecule has 0 unspecified atom stereocenters. The minimum absolute atomic E-state index is 0.169. The number of carboxylic acid groups (broad SMARTS) is 2. The molecule has 7 nitrogen and oxygen atoms in total. The zero-order valence-electron chi connectivity index (χ0n) is 8.46. The minimum atomic E-state index is -2.42. The van der Waals surface area contributed by atoms with Gasteiger partial charge in [0.1, 0.15) is 5.82 Å². The lowest BCUT2D eigenvalue weighted by molar-refractivity contribution is -0.388. The van der Waals surface area contributed by atoms with E-state index in [1.807, 2.05) is 0 Å². The van der Waals surface area contributed by atoms with Crippen LogP contribution in [0.5, 0.6) is 0 Å². The van der Waals surface area contributed by atoms with Crippen LogP contribution in [0, 0.1) is 21.7 Å². The number of aliphatic carboxylic acids is 2. The number of nitro benzene ring substituents is 1. The van der Waals surface area contributed by atoms with Crippen LogP contribution in [0.2, 0.25) is 0 Å². The lowest BCUT2D eigenvalue weighted by atomic mass is 9.97. The van der Waals surface area contributed by atoms with E-state index in [1.165, 1.54) is 0 Å². The van der Waals surface area contributed by atoms with Gasteiger partial charge in [0.2, 0.25) is 5.82 Å². The molecule has 0 aliphatic carbocycles. The smallest absolute Gasteiger partial charge is 0.322 e. The van der Waals surface area contributed by atoms with Crippen LogP contribution in [-0.4, -0.2) is 27.1 Å². The van der Waals surface area contributed by atoms with E-state index in [-0.39, 0.29) is 6.07 Å². The molecule has 1 rings (SSSR count). The topological polar surface area (TPSA) is 118 Å². The van der Waals surface area contributed by atoms with Crippen molar-refractivity contribution in [1.29, 1.82) is 0 Å². The summed E-state index contributed by atoms with van der Waals surface area (Å²) in [4.78, 5) is 30.6. The molecule has 0 heterocycles. The Morgan fingerprint density at radius 1 is 1.22 bits per heavy atom. The van der Waals surface area contributed by atoms with Crippen molar-refractivity contribution in [3.8, 4) is 0 Å². The van der Waals surface area contributed by atoms with E-state index in [1.54, 1.807) is 0 Å². The van der Waals surface area contributed by atoms with Crippen molar-refractivity contribution in [2.24, 2.45) is 0 Å². The molecule has 18 heavy (non-hydrogen) atoms. The Labute approximate surface area is 97.4 Å². The normalized spacial score (nSPS) is 10.4. The summed E-state index contributed by atoms with van der Waals surface area (Å²) in [7, 11) is 0. The molecule has 1 aromatic carbocycles. The van der Waals surface area contributed by atoms with Gasteiger partial charge in [0.15, 0.2) is 5.92 Å². The molecule has 2 N–H and O–H groups in total. The molecule has 1 aromatic rings. The fourth-order valence-electron chi connectivity index (χ4n) is 1.37. The summed E-state index contributed by atoms with van der Waals surface area (Å²) < 4.78 is 26.1. The largest absolute Gasteiger partial charge is 0.480 e. The van der Waals surface area contributed by atoms with Gasteiger partial charge in [-0.05, 0) is 6.07 Å². The molecule has 0 aliphatic rings. The number of nitrogens with zero attached hydrogens (tertiary/aromatic N) is 1. The number of halogens is 2. The molecule has 0 aromatic heterocycles. The third-order valence-corrected chi connectivity index (χ3v) is 2.05. The van der Waals surface area contributed by atoms with Gasteiger partial charge in [0, 0.05) is 6.07 Å². The fraction of sp³-hybridized carbons (Fsp3) is 0.111. The SMILES string of the molecule is O=C(O)C(C(=O)O)c1cc(F)cc(F)c1[N+](=O)[O-]. The summed E-state index contributed by atoms with van der Waals surface area (Å²) in [6, 6.07) is 0.483. The summed E-state index contributed by atoms with van der Waals surface area (Å²) in [5.74, 6) is -9.29. The number of benzene rings is 1. The molecule has 9 heteroatoms. The Morgan fingerprint density at radius 2 is 1.72 bits per heavy atom. The number of nitro groups is 1. The molecule has 0 atom stereocenters. The van der Waals surface area contributed by atoms with Crippen LogP contribution in [0.1, 0.15) is 11.5 Å². The van der Waals surface area contributed by atoms with Crippen molar-refractivity contribution < 1.29 is 33.5 Å². The highest BCUT2D eigenvalue weighted by Gasteiger charge is 2.36. The second kappa shape index (κ2) is 4.73. The molecule has 96 valence electrons. The highest BCUT2D eigenvalue weighted by Crippen LogP contribution is 2.30. The minimum Gasteiger partial charge on any atom is -0.480 e. The second-order valence-electron chi connectivity index (χ2n) is 3.19. The van der Waals surface area contributed by atoms with E-state index >= 15 is 0 Å². The molecular weight excluding hydrogens is 256 g/mol. The summed E-state index contributed by atoms with van der Waals surface area (Å²) >= 11 is 0. The molecule has 0 saturated heterocycles. The maximum Gasteiger partial charge on any atom is 0.322 e. The van der Waals surface area contributed by atoms with E-state index in [2.05, 4.69) is 0 Å². The second-order valence-corrected chi connectivity index (χ2v) is 3.19. The zero-order valence-corrected chi connectivity index (χ0v) is 8.46. The van der Waals surface area contributed by atoms with Crippen LogP contribution in [-0.2, 0) is 9.59 Å². The molecule has 0 saturated carbocycles. The molecule has 0 fully saturated rings.